The van der Waals surface area contributed by atoms with Gasteiger partial charge in [-0.15, -0.1) is 0 Å². The first kappa shape index (κ1) is 15.2. The van der Waals surface area contributed by atoms with E-state index in [4.69, 9.17) is 11.6 Å². The van der Waals surface area contributed by atoms with E-state index in [9.17, 15) is 0 Å². The second-order valence-electron chi connectivity index (χ2n) is 4.85. The van der Waals surface area contributed by atoms with Crippen molar-refractivity contribution in [3.8, 4) is 0 Å². The molecule has 1 aromatic heterocycles. The van der Waals surface area contributed by atoms with Gasteiger partial charge in [-0.3, -0.25) is 0 Å². The molecule has 0 aliphatic rings. The van der Waals surface area contributed by atoms with E-state index in [1.807, 2.05) is 14.0 Å². The molecule has 0 fully saturated rings. The maximum Gasteiger partial charge on any atom is 0.137 e. The van der Waals surface area contributed by atoms with Gasteiger partial charge in [0.1, 0.15) is 16.8 Å². The molecule has 1 heterocycles. The van der Waals surface area contributed by atoms with Gasteiger partial charge in [0, 0.05) is 32.1 Å². The Bertz CT molecular complexity index is 393. The van der Waals surface area contributed by atoms with Crippen LogP contribution in [0.1, 0.15) is 24.7 Å². The molecule has 102 valence electrons. The Labute approximate surface area is 115 Å². The molecule has 1 rings (SSSR count). The van der Waals surface area contributed by atoms with Crippen molar-refractivity contribution in [2.45, 2.75) is 26.7 Å². The van der Waals surface area contributed by atoms with Gasteiger partial charge < -0.3 is 9.80 Å². The lowest BCUT2D eigenvalue weighted by Gasteiger charge is -2.23. The van der Waals surface area contributed by atoms with Crippen LogP contribution in [0.4, 0.5) is 5.82 Å². The fourth-order valence-corrected chi connectivity index (χ4v) is 1.87. The van der Waals surface area contributed by atoms with Crippen LogP contribution in [0.15, 0.2) is 0 Å². The lowest BCUT2D eigenvalue weighted by molar-refractivity contribution is 0.416. The van der Waals surface area contributed by atoms with Gasteiger partial charge in [0.2, 0.25) is 0 Å². The molecule has 0 aliphatic heterocycles. The second kappa shape index (κ2) is 6.90. The average molecular weight is 271 g/mol. The molecule has 0 radical (unpaired) electrons. The normalized spacial score (nSPS) is 11.1. The smallest absolute Gasteiger partial charge is 0.137 e. The second-order valence-corrected chi connectivity index (χ2v) is 5.21. The highest BCUT2D eigenvalue weighted by molar-refractivity contribution is 6.30. The molecule has 0 bridgehead atoms. The molecule has 1 aromatic rings. The van der Waals surface area contributed by atoms with E-state index in [0.29, 0.717) is 5.15 Å². The zero-order valence-electron chi connectivity index (χ0n) is 12.0. The Balaban J connectivity index is 2.91. The molecule has 0 amide bonds. The predicted molar refractivity (Wildman–Crippen MR) is 77.6 cm³/mol. The van der Waals surface area contributed by atoms with Gasteiger partial charge in [-0.05, 0) is 27.4 Å². The van der Waals surface area contributed by atoms with Crippen molar-refractivity contribution in [2.75, 3.05) is 39.1 Å². The van der Waals surface area contributed by atoms with Crippen LogP contribution in [0.2, 0.25) is 5.15 Å². The van der Waals surface area contributed by atoms with Crippen molar-refractivity contribution in [1.29, 1.82) is 0 Å². The average Bonchev–Trinajstić information content (AvgIpc) is 2.30. The number of halogens is 1. The van der Waals surface area contributed by atoms with E-state index < -0.39 is 0 Å². The van der Waals surface area contributed by atoms with E-state index in [0.717, 1.165) is 43.1 Å². The van der Waals surface area contributed by atoms with Crippen LogP contribution >= 0.6 is 11.6 Å². The zero-order valence-corrected chi connectivity index (χ0v) is 12.8. The molecule has 4 nitrogen and oxygen atoms in total. The summed E-state index contributed by atoms with van der Waals surface area (Å²) in [6.45, 7) is 6.00. The lowest BCUT2D eigenvalue weighted by Crippen LogP contribution is -2.30. The van der Waals surface area contributed by atoms with Gasteiger partial charge >= 0.3 is 0 Å². The molecule has 0 saturated heterocycles. The molecule has 0 aliphatic carbocycles. The molecule has 0 saturated carbocycles. The fourth-order valence-electron chi connectivity index (χ4n) is 1.68. The monoisotopic (exact) mass is 270 g/mol. The maximum absolute atomic E-state index is 6.17. The number of aromatic nitrogens is 2. The minimum atomic E-state index is 0.570. The lowest BCUT2D eigenvalue weighted by atomic mass is 10.3. The SMILES string of the molecule is CCCc1nc(Cl)c(C)c(N(C)CCN(C)C)n1. The number of anilines is 1. The van der Waals surface area contributed by atoms with Gasteiger partial charge in [-0.25, -0.2) is 9.97 Å². The Morgan fingerprint density at radius 3 is 2.33 bits per heavy atom. The number of aryl methyl sites for hydroxylation is 1. The first-order chi connectivity index (χ1) is 8.45. The summed E-state index contributed by atoms with van der Waals surface area (Å²) in [4.78, 5) is 13.2. The van der Waals surface area contributed by atoms with Gasteiger partial charge in [-0.1, -0.05) is 18.5 Å². The molecule has 0 N–H and O–H groups in total. The molecule has 0 aromatic carbocycles. The standard InChI is InChI=1S/C13H23ClN4/c1-6-7-11-15-12(14)10(2)13(16-11)18(5)9-8-17(3)4/h6-9H2,1-5H3. The highest BCUT2D eigenvalue weighted by Crippen LogP contribution is 2.22. The number of hydrogen-bond donors (Lipinski definition) is 0. The van der Waals surface area contributed by atoms with Crippen LogP contribution < -0.4 is 4.90 Å². The minimum Gasteiger partial charge on any atom is -0.358 e. The maximum atomic E-state index is 6.17. The minimum absolute atomic E-state index is 0.570. The largest absolute Gasteiger partial charge is 0.358 e. The molecule has 0 unspecified atom stereocenters. The third-order valence-corrected chi connectivity index (χ3v) is 3.19. The van der Waals surface area contributed by atoms with Crippen molar-refractivity contribution >= 4 is 17.4 Å². The summed E-state index contributed by atoms with van der Waals surface area (Å²) >= 11 is 6.17. The molecular weight excluding hydrogens is 248 g/mol. The number of hydrogen-bond acceptors (Lipinski definition) is 4. The zero-order chi connectivity index (χ0) is 13.7. The van der Waals surface area contributed by atoms with Crippen LogP contribution in [0.3, 0.4) is 0 Å². The Morgan fingerprint density at radius 2 is 1.78 bits per heavy atom. The van der Waals surface area contributed by atoms with Crippen LogP contribution in [0.5, 0.6) is 0 Å². The molecular formula is C13H23ClN4. The summed E-state index contributed by atoms with van der Waals surface area (Å²) in [6, 6.07) is 0. The summed E-state index contributed by atoms with van der Waals surface area (Å²) in [5, 5.41) is 0.570. The highest BCUT2D eigenvalue weighted by atomic mass is 35.5. The van der Waals surface area contributed by atoms with Crippen LogP contribution in [-0.4, -0.2) is 49.1 Å². The van der Waals surface area contributed by atoms with Gasteiger partial charge in [0.05, 0.1) is 0 Å². The first-order valence-electron chi connectivity index (χ1n) is 6.34. The van der Waals surface area contributed by atoms with E-state index in [2.05, 4.69) is 40.8 Å². The number of likely N-dealkylation sites (N-methyl/N-ethyl adjacent to an activating group) is 2. The summed E-state index contributed by atoms with van der Waals surface area (Å²) < 4.78 is 0. The van der Waals surface area contributed by atoms with E-state index in [1.54, 1.807) is 0 Å². The summed E-state index contributed by atoms with van der Waals surface area (Å²) in [6.07, 6.45) is 1.90. The topological polar surface area (TPSA) is 32.3 Å². The number of rotatable bonds is 6. The van der Waals surface area contributed by atoms with E-state index >= 15 is 0 Å². The Morgan fingerprint density at radius 1 is 1.11 bits per heavy atom. The third-order valence-electron chi connectivity index (χ3n) is 2.82. The fraction of sp³-hybridized carbons (Fsp3) is 0.692. The van der Waals surface area contributed by atoms with Gasteiger partial charge in [0.15, 0.2) is 0 Å². The van der Waals surface area contributed by atoms with E-state index in [1.165, 1.54) is 0 Å². The third kappa shape index (κ3) is 4.10. The Kier molecular flexibility index (Phi) is 5.82. The molecule has 18 heavy (non-hydrogen) atoms. The summed E-state index contributed by atoms with van der Waals surface area (Å²) in [5.41, 5.74) is 0.956. The van der Waals surface area contributed by atoms with E-state index in [-0.39, 0.29) is 0 Å². The van der Waals surface area contributed by atoms with Crippen LogP contribution in [-0.2, 0) is 6.42 Å². The summed E-state index contributed by atoms with van der Waals surface area (Å²) in [7, 11) is 6.18. The number of nitrogens with zero attached hydrogens (tertiary/aromatic N) is 4. The molecule has 0 atom stereocenters. The molecule has 5 heteroatoms. The predicted octanol–water partition coefficient (Wildman–Crippen LogP) is 2.39. The van der Waals surface area contributed by atoms with Crippen molar-refractivity contribution < 1.29 is 0 Å². The summed E-state index contributed by atoms with van der Waals surface area (Å²) in [5.74, 6) is 1.78. The quantitative estimate of drug-likeness (QED) is 0.743. The van der Waals surface area contributed by atoms with Crippen molar-refractivity contribution in [2.24, 2.45) is 0 Å². The molecule has 0 spiro atoms. The first-order valence-corrected chi connectivity index (χ1v) is 6.72. The van der Waals surface area contributed by atoms with Crippen LogP contribution in [0, 0.1) is 6.92 Å². The van der Waals surface area contributed by atoms with Crippen molar-refractivity contribution in [3.05, 3.63) is 16.5 Å². The van der Waals surface area contributed by atoms with Crippen molar-refractivity contribution in [3.63, 3.8) is 0 Å². The van der Waals surface area contributed by atoms with Crippen LogP contribution in [0.25, 0.3) is 0 Å². The highest BCUT2D eigenvalue weighted by Gasteiger charge is 2.12. The van der Waals surface area contributed by atoms with Crippen molar-refractivity contribution in [1.82, 2.24) is 14.9 Å². The van der Waals surface area contributed by atoms with Gasteiger partial charge in [-0.2, -0.15) is 0 Å². The Hall–Kier alpha value is -0.870. The van der Waals surface area contributed by atoms with Gasteiger partial charge in [0.25, 0.3) is 0 Å².